The van der Waals surface area contributed by atoms with Crippen LogP contribution in [0.2, 0.25) is 0 Å². The van der Waals surface area contributed by atoms with Crippen LogP contribution in [0.1, 0.15) is 65.4 Å². The molecule has 4 rings (SSSR count). The van der Waals surface area contributed by atoms with Crippen LogP contribution in [0, 0.1) is 17.3 Å². The topological polar surface area (TPSA) is 132 Å². The normalized spacial score (nSPS) is 28.0. The molecule has 1 aliphatic carbocycles. The Morgan fingerprint density at radius 3 is 2.49 bits per heavy atom. The molecule has 3 fully saturated rings. The standard InChI is InChI=1S/C32H46N2O9/c1-6-42-26(37)18-32-25-13-15-33(29(39)43-30(2,3)4)28(32)31(20-35,21-36)17-24(25)27(38)34(32)14-7-8-16-41-19-22-9-11-23(40-5)12-10-22/h9-12,20,24-25,28,36H,6-8,13-19,21H2,1-5H3/t24-,25-,28+,31+,32+/m1/s1. The molecule has 1 saturated carbocycles. The van der Waals surface area contributed by atoms with E-state index < -0.39 is 47.2 Å². The van der Waals surface area contributed by atoms with Crippen LogP contribution in [0.3, 0.4) is 0 Å². The molecule has 2 amide bonds. The third-order valence-corrected chi connectivity index (χ3v) is 9.06. The number of aldehydes is 1. The Kier molecular flexibility index (Phi) is 10.1. The molecule has 3 aliphatic rings. The average molecular weight is 603 g/mol. The minimum atomic E-state index is -1.43. The van der Waals surface area contributed by atoms with Gasteiger partial charge in [-0.1, -0.05) is 12.1 Å². The van der Waals surface area contributed by atoms with E-state index in [-0.39, 0.29) is 37.8 Å². The lowest BCUT2D eigenvalue weighted by atomic mass is 9.53. The first kappa shape index (κ1) is 32.7. The van der Waals surface area contributed by atoms with Gasteiger partial charge in [0.15, 0.2) is 0 Å². The summed E-state index contributed by atoms with van der Waals surface area (Å²) in [4.78, 5) is 56.9. The fraction of sp³-hybridized carbons (Fsp3) is 0.688. The number of unbranched alkanes of at least 4 members (excludes halogenated alkanes) is 1. The van der Waals surface area contributed by atoms with Crippen LogP contribution in [0.15, 0.2) is 24.3 Å². The molecular weight excluding hydrogens is 556 g/mol. The molecule has 0 spiro atoms. The lowest BCUT2D eigenvalue weighted by Gasteiger charge is -2.61. The second-order valence-electron chi connectivity index (χ2n) is 12.9. The minimum Gasteiger partial charge on any atom is -0.497 e. The molecule has 1 aromatic rings. The number of methoxy groups -OCH3 is 1. The number of hydrogen-bond donors (Lipinski definition) is 1. The van der Waals surface area contributed by atoms with Crippen LogP contribution < -0.4 is 4.74 Å². The summed E-state index contributed by atoms with van der Waals surface area (Å²) < 4.78 is 22.2. The minimum absolute atomic E-state index is 0.104. The van der Waals surface area contributed by atoms with Crippen LogP contribution in [0.5, 0.6) is 5.75 Å². The van der Waals surface area contributed by atoms with Gasteiger partial charge in [-0.25, -0.2) is 4.79 Å². The fourth-order valence-corrected chi connectivity index (χ4v) is 7.45. The molecular formula is C32H46N2O9. The Labute approximate surface area is 253 Å². The lowest BCUT2D eigenvalue weighted by Crippen LogP contribution is -2.75. The van der Waals surface area contributed by atoms with Gasteiger partial charge in [0.05, 0.1) is 50.3 Å². The van der Waals surface area contributed by atoms with E-state index in [1.165, 1.54) is 4.90 Å². The molecule has 11 nitrogen and oxygen atoms in total. The SMILES string of the molecule is CCOC(=O)C[C@]12[C@@H]3CCN(C(=O)OC(C)(C)C)[C@H]1[C@@](C=O)(CO)C[C@H]3C(=O)N2CCCCOCc1ccc(OC)cc1. The molecule has 4 bridgehead atoms. The molecule has 5 atom stereocenters. The third-order valence-electron chi connectivity index (χ3n) is 9.06. The van der Waals surface area contributed by atoms with Crippen LogP contribution in [-0.2, 0) is 35.2 Å². The highest BCUT2D eigenvalue weighted by atomic mass is 16.6. The maximum absolute atomic E-state index is 14.1. The molecule has 238 valence electrons. The zero-order chi connectivity index (χ0) is 31.4. The largest absolute Gasteiger partial charge is 0.497 e. The van der Waals surface area contributed by atoms with E-state index in [2.05, 4.69) is 0 Å². The summed E-state index contributed by atoms with van der Waals surface area (Å²) >= 11 is 0. The Hall–Kier alpha value is -3.18. The molecule has 1 aromatic carbocycles. The summed E-state index contributed by atoms with van der Waals surface area (Å²) in [6.07, 6.45) is 1.67. The first-order valence-corrected chi connectivity index (χ1v) is 15.2. The van der Waals surface area contributed by atoms with Crippen molar-refractivity contribution in [2.75, 3.05) is 40.0 Å². The number of aliphatic hydroxyl groups is 1. The van der Waals surface area contributed by atoms with E-state index >= 15 is 0 Å². The smallest absolute Gasteiger partial charge is 0.410 e. The maximum atomic E-state index is 14.1. The molecule has 1 N–H and O–H groups in total. The van der Waals surface area contributed by atoms with E-state index in [9.17, 15) is 24.3 Å². The summed E-state index contributed by atoms with van der Waals surface area (Å²) in [6, 6.07) is 6.69. The van der Waals surface area contributed by atoms with E-state index in [0.717, 1.165) is 11.3 Å². The lowest BCUT2D eigenvalue weighted by molar-refractivity contribution is -0.169. The van der Waals surface area contributed by atoms with Crippen LogP contribution in [0.25, 0.3) is 0 Å². The molecule has 0 aromatic heterocycles. The number of carbonyl (C=O) groups excluding carboxylic acids is 4. The van der Waals surface area contributed by atoms with Crippen molar-refractivity contribution >= 4 is 24.3 Å². The van der Waals surface area contributed by atoms with Crippen LogP contribution in [-0.4, -0.2) is 96.4 Å². The highest BCUT2D eigenvalue weighted by molar-refractivity contribution is 5.88. The number of hydrogen-bond acceptors (Lipinski definition) is 9. The Morgan fingerprint density at radius 1 is 1.16 bits per heavy atom. The number of ether oxygens (including phenoxy) is 4. The van der Waals surface area contributed by atoms with Crippen molar-refractivity contribution in [2.24, 2.45) is 17.3 Å². The van der Waals surface area contributed by atoms with Crippen LogP contribution >= 0.6 is 0 Å². The second-order valence-corrected chi connectivity index (χ2v) is 12.9. The Morgan fingerprint density at radius 2 is 1.88 bits per heavy atom. The summed E-state index contributed by atoms with van der Waals surface area (Å²) in [5.41, 5.74) is -2.44. The van der Waals surface area contributed by atoms with Crippen molar-refractivity contribution in [3.8, 4) is 5.75 Å². The molecule has 11 heteroatoms. The number of piperidine rings is 1. The number of likely N-dealkylation sites (tertiary alicyclic amines) is 2. The monoisotopic (exact) mass is 602 g/mol. The van der Waals surface area contributed by atoms with E-state index in [0.29, 0.717) is 45.3 Å². The van der Waals surface area contributed by atoms with Gasteiger partial charge in [0.2, 0.25) is 5.91 Å². The Balaban J connectivity index is 1.59. The number of benzene rings is 1. The average Bonchev–Trinajstić information content (AvgIpc) is 3.12. The molecule has 43 heavy (non-hydrogen) atoms. The molecule has 0 unspecified atom stereocenters. The van der Waals surface area contributed by atoms with Crippen LogP contribution in [0.4, 0.5) is 4.79 Å². The third kappa shape index (κ3) is 6.38. The van der Waals surface area contributed by atoms with Gasteiger partial charge >= 0.3 is 12.1 Å². The van der Waals surface area contributed by atoms with Crippen molar-refractivity contribution < 1.29 is 43.2 Å². The van der Waals surface area contributed by atoms with E-state index in [1.807, 2.05) is 24.3 Å². The van der Waals surface area contributed by atoms with Gasteiger partial charge in [0.25, 0.3) is 0 Å². The predicted molar refractivity (Wildman–Crippen MR) is 156 cm³/mol. The molecule has 2 aliphatic heterocycles. The van der Waals surface area contributed by atoms with Crippen molar-refractivity contribution in [3.63, 3.8) is 0 Å². The Bertz CT molecular complexity index is 1170. The number of carbonyl (C=O) groups is 4. The summed E-state index contributed by atoms with van der Waals surface area (Å²) in [7, 11) is 1.62. The molecule has 2 saturated heterocycles. The fourth-order valence-electron chi connectivity index (χ4n) is 7.45. The number of amides is 2. The summed E-state index contributed by atoms with van der Waals surface area (Å²) in [5, 5.41) is 10.7. The predicted octanol–water partition coefficient (Wildman–Crippen LogP) is 3.35. The van der Waals surface area contributed by atoms with Crippen molar-refractivity contribution in [1.29, 1.82) is 0 Å². The van der Waals surface area contributed by atoms with Gasteiger partial charge in [0.1, 0.15) is 17.6 Å². The number of aliphatic hydroxyl groups excluding tert-OH is 1. The van der Waals surface area contributed by atoms with Gasteiger partial charge in [0, 0.05) is 25.6 Å². The van der Waals surface area contributed by atoms with E-state index in [4.69, 9.17) is 18.9 Å². The van der Waals surface area contributed by atoms with Gasteiger partial charge in [-0.05, 0) is 77.0 Å². The number of nitrogens with zero attached hydrogens (tertiary/aromatic N) is 2. The highest BCUT2D eigenvalue weighted by Gasteiger charge is 2.74. The summed E-state index contributed by atoms with van der Waals surface area (Å²) in [5.74, 6) is -0.712. The first-order chi connectivity index (χ1) is 20.5. The second kappa shape index (κ2) is 13.2. The highest BCUT2D eigenvalue weighted by Crippen LogP contribution is 2.61. The van der Waals surface area contributed by atoms with Crippen molar-refractivity contribution in [3.05, 3.63) is 29.8 Å². The zero-order valence-electron chi connectivity index (χ0n) is 26.0. The number of esters is 1. The quantitative estimate of drug-likeness (QED) is 0.205. The van der Waals surface area contributed by atoms with Gasteiger partial charge in [-0.3, -0.25) is 9.59 Å². The van der Waals surface area contributed by atoms with Gasteiger partial charge < -0.3 is 38.6 Å². The maximum Gasteiger partial charge on any atom is 0.410 e. The van der Waals surface area contributed by atoms with Gasteiger partial charge in [-0.2, -0.15) is 0 Å². The zero-order valence-corrected chi connectivity index (χ0v) is 26.0. The van der Waals surface area contributed by atoms with Gasteiger partial charge in [-0.15, -0.1) is 0 Å². The summed E-state index contributed by atoms with van der Waals surface area (Å²) in [6.45, 7) is 8.04. The first-order valence-electron chi connectivity index (χ1n) is 15.2. The number of rotatable bonds is 13. The molecule has 2 heterocycles. The van der Waals surface area contributed by atoms with E-state index in [1.54, 1.807) is 39.7 Å². The van der Waals surface area contributed by atoms with Crippen molar-refractivity contribution in [1.82, 2.24) is 9.80 Å². The van der Waals surface area contributed by atoms with Crippen molar-refractivity contribution in [2.45, 2.75) is 83.6 Å². The molecule has 0 radical (unpaired) electrons.